The first-order chi connectivity index (χ1) is 9.33. The fourth-order valence-corrected chi connectivity index (χ4v) is 1.44. The van der Waals surface area contributed by atoms with Crippen LogP contribution in [-0.2, 0) is 14.4 Å². The van der Waals surface area contributed by atoms with Crippen LogP contribution in [0.2, 0.25) is 0 Å². The summed E-state index contributed by atoms with van der Waals surface area (Å²) in [4.78, 5) is 34.2. The van der Waals surface area contributed by atoms with Crippen molar-refractivity contribution < 1.29 is 24.6 Å². The molecule has 0 aromatic carbocycles. The van der Waals surface area contributed by atoms with Crippen LogP contribution >= 0.6 is 0 Å². The van der Waals surface area contributed by atoms with Gasteiger partial charge in [-0.3, -0.25) is 9.59 Å². The molecule has 0 aliphatic heterocycles. The van der Waals surface area contributed by atoms with Gasteiger partial charge >= 0.3 is 5.97 Å². The zero-order valence-electron chi connectivity index (χ0n) is 11.8. The Balaban J connectivity index is 4.70. The molecule has 3 atom stereocenters. The highest BCUT2D eigenvalue weighted by molar-refractivity contribution is 5.91. The van der Waals surface area contributed by atoms with Crippen LogP contribution in [0.5, 0.6) is 0 Å². The zero-order valence-corrected chi connectivity index (χ0v) is 11.8. The molecule has 8 nitrogen and oxygen atoms in total. The van der Waals surface area contributed by atoms with E-state index in [1.54, 1.807) is 0 Å². The molecule has 20 heavy (non-hydrogen) atoms. The lowest BCUT2D eigenvalue weighted by atomic mass is 10.1. The Morgan fingerprint density at radius 2 is 1.70 bits per heavy atom. The quantitative estimate of drug-likeness (QED) is 0.352. The summed E-state index contributed by atoms with van der Waals surface area (Å²) < 4.78 is 0. The van der Waals surface area contributed by atoms with Crippen molar-refractivity contribution in [1.29, 1.82) is 0 Å². The van der Waals surface area contributed by atoms with Crippen molar-refractivity contribution in [2.45, 2.75) is 51.2 Å². The molecule has 0 spiro atoms. The summed E-state index contributed by atoms with van der Waals surface area (Å²) >= 11 is 0. The normalized spacial score (nSPS) is 15.0. The molecule has 0 fully saturated rings. The van der Waals surface area contributed by atoms with Gasteiger partial charge in [-0.05, 0) is 13.3 Å². The van der Waals surface area contributed by atoms with Crippen LogP contribution in [0.1, 0.15) is 33.1 Å². The molecule has 0 radical (unpaired) electrons. The summed E-state index contributed by atoms with van der Waals surface area (Å²) in [5.74, 6) is -2.47. The Morgan fingerprint density at radius 1 is 1.15 bits per heavy atom. The van der Waals surface area contributed by atoms with E-state index in [1.807, 2.05) is 6.92 Å². The van der Waals surface area contributed by atoms with E-state index < -0.39 is 42.5 Å². The van der Waals surface area contributed by atoms with Gasteiger partial charge in [0.05, 0.1) is 12.6 Å². The van der Waals surface area contributed by atoms with E-state index in [1.165, 1.54) is 6.92 Å². The van der Waals surface area contributed by atoms with Gasteiger partial charge in [0.25, 0.3) is 0 Å². The number of carbonyl (C=O) groups is 3. The van der Waals surface area contributed by atoms with Crippen molar-refractivity contribution >= 4 is 17.8 Å². The zero-order chi connectivity index (χ0) is 15.7. The van der Waals surface area contributed by atoms with Crippen molar-refractivity contribution in [1.82, 2.24) is 10.6 Å². The molecule has 0 aliphatic carbocycles. The van der Waals surface area contributed by atoms with Gasteiger partial charge in [0.15, 0.2) is 0 Å². The smallest absolute Gasteiger partial charge is 0.328 e. The molecule has 2 amide bonds. The number of rotatable bonds is 9. The van der Waals surface area contributed by atoms with Crippen molar-refractivity contribution in [3.8, 4) is 0 Å². The number of aliphatic carboxylic acids is 1. The van der Waals surface area contributed by atoms with Crippen LogP contribution in [0.4, 0.5) is 0 Å². The van der Waals surface area contributed by atoms with E-state index in [9.17, 15) is 14.4 Å². The lowest BCUT2D eigenvalue weighted by molar-refractivity contribution is -0.143. The third-order valence-corrected chi connectivity index (χ3v) is 2.69. The van der Waals surface area contributed by atoms with Gasteiger partial charge in [-0.25, -0.2) is 4.79 Å². The third kappa shape index (κ3) is 6.48. The monoisotopic (exact) mass is 289 g/mol. The van der Waals surface area contributed by atoms with Gasteiger partial charge in [-0.2, -0.15) is 0 Å². The summed E-state index contributed by atoms with van der Waals surface area (Å²) in [5, 5.41) is 22.3. The van der Waals surface area contributed by atoms with Crippen molar-refractivity contribution in [3.63, 3.8) is 0 Å². The number of carbonyl (C=O) groups excluding carboxylic acids is 2. The average molecular weight is 289 g/mol. The van der Waals surface area contributed by atoms with Crippen LogP contribution in [-0.4, -0.2) is 52.7 Å². The number of hydrogen-bond donors (Lipinski definition) is 5. The number of unbranched alkanes of at least 4 members (excludes halogenated alkanes) is 1. The SMILES string of the molecule is CCCC[C@H](NC(=O)[C@@H](C)N)C(=O)N[C@@H](CO)C(=O)O. The van der Waals surface area contributed by atoms with Gasteiger partial charge in [0, 0.05) is 0 Å². The molecule has 6 N–H and O–H groups in total. The van der Waals surface area contributed by atoms with E-state index in [0.717, 1.165) is 6.42 Å². The Kier molecular flexibility index (Phi) is 8.49. The number of aliphatic hydroxyl groups is 1. The molecule has 0 aromatic rings. The summed E-state index contributed by atoms with van der Waals surface area (Å²) in [6, 6.07) is -3.01. The Labute approximate surface area is 117 Å². The van der Waals surface area contributed by atoms with Crippen LogP contribution in [0.15, 0.2) is 0 Å². The number of aliphatic hydroxyl groups excluding tert-OH is 1. The van der Waals surface area contributed by atoms with Crippen LogP contribution in [0.3, 0.4) is 0 Å². The second-order valence-corrected chi connectivity index (χ2v) is 4.57. The average Bonchev–Trinajstić information content (AvgIpc) is 2.39. The first kappa shape index (κ1) is 18.3. The van der Waals surface area contributed by atoms with Crippen LogP contribution < -0.4 is 16.4 Å². The molecule has 0 saturated heterocycles. The van der Waals surface area contributed by atoms with E-state index in [2.05, 4.69) is 10.6 Å². The van der Waals surface area contributed by atoms with Gasteiger partial charge < -0.3 is 26.6 Å². The number of carboxylic acid groups (broad SMARTS) is 1. The number of carboxylic acids is 1. The molecule has 8 heteroatoms. The van der Waals surface area contributed by atoms with Crippen molar-refractivity contribution in [2.24, 2.45) is 5.73 Å². The fraction of sp³-hybridized carbons (Fsp3) is 0.750. The summed E-state index contributed by atoms with van der Waals surface area (Å²) in [6.07, 6.45) is 1.88. The first-order valence-electron chi connectivity index (χ1n) is 6.53. The largest absolute Gasteiger partial charge is 0.480 e. The second kappa shape index (κ2) is 9.27. The van der Waals surface area contributed by atoms with Gasteiger partial charge in [0.2, 0.25) is 11.8 Å². The number of amides is 2. The minimum atomic E-state index is -1.39. The number of nitrogens with two attached hydrogens (primary N) is 1. The molecule has 0 bridgehead atoms. The summed E-state index contributed by atoms with van der Waals surface area (Å²) in [7, 11) is 0. The lowest BCUT2D eigenvalue weighted by Crippen LogP contribution is -2.54. The molecule has 0 saturated carbocycles. The highest BCUT2D eigenvalue weighted by Gasteiger charge is 2.26. The molecule has 0 rings (SSSR count). The maximum Gasteiger partial charge on any atom is 0.328 e. The van der Waals surface area contributed by atoms with E-state index in [-0.39, 0.29) is 0 Å². The van der Waals surface area contributed by atoms with Gasteiger partial charge in [0.1, 0.15) is 12.1 Å². The summed E-state index contributed by atoms with van der Waals surface area (Å²) in [5.41, 5.74) is 5.41. The summed E-state index contributed by atoms with van der Waals surface area (Å²) in [6.45, 7) is 2.69. The van der Waals surface area contributed by atoms with E-state index in [4.69, 9.17) is 15.9 Å². The predicted octanol–water partition coefficient (Wildman–Crippen LogP) is -1.43. The van der Waals surface area contributed by atoms with E-state index >= 15 is 0 Å². The van der Waals surface area contributed by atoms with Gasteiger partial charge in [-0.15, -0.1) is 0 Å². The number of hydrogen-bond acceptors (Lipinski definition) is 5. The van der Waals surface area contributed by atoms with Crippen molar-refractivity contribution in [2.75, 3.05) is 6.61 Å². The minimum absolute atomic E-state index is 0.374. The molecule has 116 valence electrons. The maximum atomic E-state index is 11.9. The molecule has 0 unspecified atom stereocenters. The molecule has 0 heterocycles. The van der Waals surface area contributed by atoms with E-state index in [0.29, 0.717) is 12.8 Å². The highest BCUT2D eigenvalue weighted by atomic mass is 16.4. The Hall–Kier alpha value is -1.67. The number of nitrogens with one attached hydrogen (secondary N) is 2. The highest BCUT2D eigenvalue weighted by Crippen LogP contribution is 2.02. The third-order valence-electron chi connectivity index (χ3n) is 2.69. The first-order valence-corrected chi connectivity index (χ1v) is 6.53. The van der Waals surface area contributed by atoms with Crippen molar-refractivity contribution in [3.05, 3.63) is 0 Å². The topological polar surface area (TPSA) is 142 Å². The maximum absolute atomic E-state index is 11.9. The Morgan fingerprint density at radius 3 is 2.10 bits per heavy atom. The standard InChI is InChI=1S/C12H23N3O5/c1-3-4-5-8(14-10(17)7(2)13)11(18)15-9(6-16)12(19)20/h7-9,16H,3-6,13H2,1-2H3,(H,14,17)(H,15,18)(H,19,20)/t7-,8+,9+/m1/s1. The van der Waals surface area contributed by atoms with Crippen LogP contribution in [0, 0.1) is 0 Å². The Bertz CT molecular complexity index is 346. The lowest BCUT2D eigenvalue weighted by Gasteiger charge is -2.21. The molecule has 0 aliphatic rings. The fourth-order valence-electron chi connectivity index (χ4n) is 1.44. The second-order valence-electron chi connectivity index (χ2n) is 4.57. The van der Waals surface area contributed by atoms with Gasteiger partial charge in [-0.1, -0.05) is 19.8 Å². The molecular weight excluding hydrogens is 266 g/mol. The van der Waals surface area contributed by atoms with Crippen LogP contribution in [0.25, 0.3) is 0 Å². The predicted molar refractivity (Wildman–Crippen MR) is 71.8 cm³/mol. The molecule has 0 aromatic heterocycles. The minimum Gasteiger partial charge on any atom is -0.480 e. The molecular formula is C12H23N3O5.